The number of nitrogens with zero attached hydrogens (tertiary/aromatic N) is 4. The third-order valence-electron chi connectivity index (χ3n) is 1.38. The van der Waals surface area contributed by atoms with Crippen molar-refractivity contribution in [3.63, 3.8) is 0 Å². The van der Waals surface area contributed by atoms with Crippen LogP contribution in [0.2, 0.25) is 0 Å². The Hall–Kier alpha value is -1.79. The van der Waals surface area contributed by atoms with E-state index in [1.807, 2.05) is 0 Å². The Morgan fingerprint density at radius 1 is 1.46 bits per heavy atom. The zero-order valence-electron chi connectivity index (χ0n) is 6.26. The lowest BCUT2D eigenvalue weighted by Crippen LogP contribution is -2.05. The van der Waals surface area contributed by atoms with Crippen LogP contribution in [0.15, 0.2) is 18.7 Å². The van der Waals surface area contributed by atoms with Crippen LogP contribution in [0.25, 0.3) is 5.65 Å². The number of rotatable bonds is 2. The maximum Gasteiger partial charge on any atom is 0.388 e. The summed E-state index contributed by atoms with van der Waals surface area (Å²) in [6.45, 7) is -2.91. The van der Waals surface area contributed by atoms with Gasteiger partial charge in [0.2, 0.25) is 5.65 Å². The summed E-state index contributed by atoms with van der Waals surface area (Å²) in [5.41, 5.74) is 0.169. The Morgan fingerprint density at radius 2 is 2.31 bits per heavy atom. The molecule has 0 aliphatic heterocycles. The smallest absolute Gasteiger partial charge is 0.388 e. The Balaban J connectivity index is 2.48. The summed E-state index contributed by atoms with van der Waals surface area (Å²) in [7, 11) is 0. The predicted octanol–water partition coefficient (Wildman–Crippen LogP) is 0.726. The molecule has 0 aliphatic carbocycles. The molecule has 0 fully saturated rings. The van der Waals surface area contributed by atoms with E-state index >= 15 is 0 Å². The molecule has 0 aromatic carbocycles. The molecule has 0 saturated carbocycles. The molecule has 0 N–H and O–H groups in total. The highest BCUT2D eigenvalue weighted by Gasteiger charge is 2.10. The van der Waals surface area contributed by atoms with E-state index in [4.69, 9.17) is 0 Å². The van der Waals surface area contributed by atoms with Gasteiger partial charge in [0.15, 0.2) is 0 Å². The fourth-order valence-corrected chi connectivity index (χ4v) is 0.903. The highest BCUT2D eigenvalue weighted by Crippen LogP contribution is 2.14. The van der Waals surface area contributed by atoms with Gasteiger partial charge in [-0.05, 0) is 0 Å². The normalized spacial score (nSPS) is 11.0. The molecule has 7 heteroatoms. The van der Waals surface area contributed by atoms with Crippen molar-refractivity contribution < 1.29 is 13.5 Å². The monoisotopic (exact) mass is 186 g/mol. The maximum atomic E-state index is 11.8. The first kappa shape index (κ1) is 7.84. The molecule has 2 aromatic rings. The van der Waals surface area contributed by atoms with E-state index in [0.29, 0.717) is 0 Å². The molecular formula is C6H4F2N4O. The van der Waals surface area contributed by atoms with E-state index < -0.39 is 6.61 Å². The Labute approximate surface area is 71.0 Å². The van der Waals surface area contributed by atoms with Crippen LogP contribution >= 0.6 is 0 Å². The summed E-state index contributed by atoms with van der Waals surface area (Å²) >= 11 is 0. The summed E-state index contributed by atoms with van der Waals surface area (Å²) < 4.78 is 29.2. The van der Waals surface area contributed by atoms with Gasteiger partial charge in [0.1, 0.15) is 6.33 Å². The van der Waals surface area contributed by atoms with E-state index in [0.717, 1.165) is 0 Å². The Bertz CT molecular complexity index is 416. The topological polar surface area (TPSA) is 52.3 Å². The molecular weight excluding hydrogens is 182 g/mol. The van der Waals surface area contributed by atoms with E-state index in [1.54, 1.807) is 0 Å². The van der Waals surface area contributed by atoms with Crippen molar-refractivity contribution in [1.82, 2.24) is 19.6 Å². The van der Waals surface area contributed by atoms with Crippen molar-refractivity contribution in [3.8, 4) is 5.88 Å². The van der Waals surface area contributed by atoms with Crippen LogP contribution in [0, 0.1) is 0 Å². The third kappa shape index (κ3) is 1.40. The van der Waals surface area contributed by atoms with Gasteiger partial charge in [0.25, 0.3) is 5.88 Å². The van der Waals surface area contributed by atoms with Crippen LogP contribution in [0.5, 0.6) is 5.88 Å². The summed E-state index contributed by atoms with van der Waals surface area (Å²) in [5.74, 6) is -0.227. The van der Waals surface area contributed by atoms with Gasteiger partial charge in [-0.15, -0.1) is 10.2 Å². The minimum Gasteiger partial charge on any atom is -0.413 e. The molecule has 0 saturated heterocycles. The molecule has 0 aliphatic rings. The number of alkyl halides is 2. The summed E-state index contributed by atoms with van der Waals surface area (Å²) in [6, 6.07) is 0. The van der Waals surface area contributed by atoms with Crippen molar-refractivity contribution in [2.75, 3.05) is 0 Å². The standard InChI is InChI=1S/C6H4F2N4O/c7-6(8)13-5-4-11-10-3-12(4)2-1-9-5/h1-3,6H. The second kappa shape index (κ2) is 2.92. The first-order valence-electron chi connectivity index (χ1n) is 3.36. The average Bonchev–Trinajstić information content (AvgIpc) is 2.51. The second-order valence-corrected chi connectivity index (χ2v) is 2.17. The zero-order chi connectivity index (χ0) is 9.26. The molecule has 5 nitrogen and oxygen atoms in total. The van der Waals surface area contributed by atoms with Gasteiger partial charge >= 0.3 is 6.61 Å². The largest absolute Gasteiger partial charge is 0.413 e. The highest BCUT2D eigenvalue weighted by molar-refractivity contribution is 5.47. The number of halogens is 2. The molecule has 13 heavy (non-hydrogen) atoms. The molecule has 2 aromatic heterocycles. The summed E-state index contributed by atoms with van der Waals surface area (Å²) in [6.07, 6.45) is 4.23. The first-order chi connectivity index (χ1) is 6.27. The maximum absolute atomic E-state index is 11.8. The Kier molecular flexibility index (Phi) is 1.76. The van der Waals surface area contributed by atoms with E-state index in [2.05, 4.69) is 19.9 Å². The van der Waals surface area contributed by atoms with E-state index in [-0.39, 0.29) is 11.5 Å². The van der Waals surface area contributed by atoms with Crippen molar-refractivity contribution in [2.45, 2.75) is 6.61 Å². The molecule has 0 radical (unpaired) electrons. The minimum atomic E-state index is -2.91. The van der Waals surface area contributed by atoms with E-state index in [1.165, 1.54) is 23.1 Å². The second-order valence-electron chi connectivity index (χ2n) is 2.17. The van der Waals surface area contributed by atoms with Gasteiger partial charge in [-0.2, -0.15) is 8.78 Å². The van der Waals surface area contributed by atoms with Crippen LogP contribution in [-0.4, -0.2) is 26.2 Å². The fraction of sp³-hybridized carbons (Fsp3) is 0.167. The van der Waals surface area contributed by atoms with Crippen molar-refractivity contribution >= 4 is 5.65 Å². The van der Waals surface area contributed by atoms with Crippen LogP contribution < -0.4 is 4.74 Å². The molecule has 2 rings (SSSR count). The lowest BCUT2D eigenvalue weighted by Gasteiger charge is -2.02. The molecule has 68 valence electrons. The van der Waals surface area contributed by atoms with Gasteiger partial charge in [-0.3, -0.25) is 4.40 Å². The number of hydrogen-bond donors (Lipinski definition) is 0. The predicted molar refractivity (Wildman–Crippen MR) is 37.4 cm³/mol. The van der Waals surface area contributed by atoms with Gasteiger partial charge in [-0.1, -0.05) is 0 Å². The van der Waals surface area contributed by atoms with Crippen LogP contribution in [-0.2, 0) is 0 Å². The van der Waals surface area contributed by atoms with Crippen molar-refractivity contribution in [3.05, 3.63) is 18.7 Å². The zero-order valence-corrected chi connectivity index (χ0v) is 6.26. The lowest BCUT2D eigenvalue weighted by molar-refractivity contribution is -0.0521. The van der Waals surface area contributed by atoms with Crippen LogP contribution in [0.3, 0.4) is 0 Å². The van der Waals surface area contributed by atoms with Gasteiger partial charge < -0.3 is 4.74 Å². The molecule has 0 spiro atoms. The molecule has 0 bridgehead atoms. The number of hydrogen-bond acceptors (Lipinski definition) is 4. The summed E-state index contributed by atoms with van der Waals surface area (Å²) in [5, 5.41) is 7.08. The average molecular weight is 186 g/mol. The summed E-state index contributed by atoms with van der Waals surface area (Å²) in [4.78, 5) is 3.59. The SMILES string of the molecule is FC(F)Oc1nccn2cnnc12. The lowest BCUT2D eigenvalue weighted by atomic mass is 10.6. The van der Waals surface area contributed by atoms with Gasteiger partial charge in [0.05, 0.1) is 0 Å². The van der Waals surface area contributed by atoms with Crippen LogP contribution in [0.4, 0.5) is 8.78 Å². The minimum absolute atomic E-state index is 0.169. The quantitative estimate of drug-likeness (QED) is 0.693. The molecule has 0 amide bonds. The first-order valence-corrected chi connectivity index (χ1v) is 3.36. The van der Waals surface area contributed by atoms with Crippen LogP contribution in [0.1, 0.15) is 0 Å². The highest BCUT2D eigenvalue weighted by atomic mass is 19.3. The molecule has 0 unspecified atom stereocenters. The number of ether oxygens (including phenoxy) is 1. The van der Waals surface area contributed by atoms with Gasteiger partial charge in [0, 0.05) is 12.4 Å². The Morgan fingerprint density at radius 3 is 3.08 bits per heavy atom. The molecule has 2 heterocycles. The molecule has 0 atom stereocenters. The number of fused-ring (bicyclic) bond motifs is 1. The number of aromatic nitrogens is 4. The fourth-order valence-electron chi connectivity index (χ4n) is 0.903. The third-order valence-corrected chi connectivity index (χ3v) is 1.38. The van der Waals surface area contributed by atoms with Crippen molar-refractivity contribution in [1.29, 1.82) is 0 Å². The van der Waals surface area contributed by atoms with Gasteiger partial charge in [-0.25, -0.2) is 4.98 Å². The van der Waals surface area contributed by atoms with Crippen molar-refractivity contribution in [2.24, 2.45) is 0 Å². The van der Waals surface area contributed by atoms with E-state index in [9.17, 15) is 8.78 Å².